The molecular formula is C21H19NO3. The molecule has 126 valence electrons. The zero-order valence-electron chi connectivity index (χ0n) is 13.8. The van der Waals surface area contributed by atoms with Crippen LogP contribution in [0.5, 0.6) is 0 Å². The van der Waals surface area contributed by atoms with E-state index < -0.39 is 11.9 Å². The fourth-order valence-corrected chi connectivity index (χ4v) is 4.93. The Morgan fingerprint density at radius 1 is 1.08 bits per heavy atom. The molecule has 25 heavy (non-hydrogen) atoms. The van der Waals surface area contributed by atoms with E-state index in [1.165, 1.54) is 11.1 Å². The second-order valence-corrected chi connectivity index (χ2v) is 7.47. The molecule has 5 rings (SSSR count). The maximum absolute atomic E-state index is 13.2. The Labute approximate surface area is 146 Å². The lowest BCUT2D eigenvalue weighted by atomic mass is 9.95. The van der Waals surface area contributed by atoms with E-state index in [9.17, 15) is 14.7 Å². The third-order valence-corrected chi connectivity index (χ3v) is 6.30. The predicted octanol–water partition coefficient (Wildman–Crippen LogP) is 3.11. The normalized spacial score (nSPS) is 28.7. The molecule has 3 atom stereocenters. The van der Waals surface area contributed by atoms with Crippen molar-refractivity contribution in [1.82, 2.24) is 0 Å². The number of fused-ring (bicyclic) bond motifs is 3. The summed E-state index contributed by atoms with van der Waals surface area (Å²) in [5, 5.41) is 9.51. The zero-order valence-corrected chi connectivity index (χ0v) is 13.8. The van der Waals surface area contributed by atoms with Crippen molar-refractivity contribution in [1.29, 1.82) is 0 Å². The van der Waals surface area contributed by atoms with Gasteiger partial charge in [-0.15, -0.1) is 0 Å². The summed E-state index contributed by atoms with van der Waals surface area (Å²) in [5.74, 6) is -1.41. The van der Waals surface area contributed by atoms with Gasteiger partial charge in [-0.25, -0.2) is 0 Å². The smallest absolute Gasteiger partial charge is 0.312 e. The number of para-hydroxylation sites is 1. The number of rotatable bonds is 2. The summed E-state index contributed by atoms with van der Waals surface area (Å²) in [6.45, 7) is 0.252. The lowest BCUT2D eigenvalue weighted by Crippen LogP contribution is -2.34. The maximum atomic E-state index is 13.2. The van der Waals surface area contributed by atoms with Crippen LogP contribution in [0.4, 0.5) is 5.69 Å². The summed E-state index contributed by atoms with van der Waals surface area (Å²) in [4.78, 5) is 26.6. The van der Waals surface area contributed by atoms with Gasteiger partial charge in [0.15, 0.2) is 0 Å². The first-order valence-corrected chi connectivity index (χ1v) is 8.83. The molecule has 1 saturated carbocycles. The number of aryl methyl sites for hydroxylation is 1. The number of aliphatic carboxylic acids is 1. The number of anilines is 1. The maximum Gasteiger partial charge on any atom is 0.312 e. The van der Waals surface area contributed by atoms with Crippen LogP contribution in [-0.2, 0) is 21.4 Å². The first-order chi connectivity index (χ1) is 12.1. The van der Waals surface area contributed by atoms with Gasteiger partial charge < -0.3 is 10.0 Å². The Morgan fingerprint density at radius 2 is 1.84 bits per heavy atom. The van der Waals surface area contributed by atoms with E-state index in [-0.39, 0.29) is 23.8 Å². The van der Waals surface area contributed by atoms with Gasteiger partial charge in [-0.05, 0) is 42.0 Å². The van der Waals surface area contributed by atoms with Gasteiger partial charge in [0.2, 0.25) is 5.91 Å². The minimum Gasteiger partial charge on any atom is -0.481 e. The number of benzene rings is 2. The van der Waals surface area contributed by atoms with E-state index in [2.05, 4.69) is 24.3 Å². The number of carbonyl (C=O) groups excluding carboxylic acids is 1. The first-order valence-electron chi connectivity index (χ1n) is 8.83. The SMILES string of the molecule is O=C(O)C1CN(C(=O)C2CC23CCc2ccccc23)c2ccccc21. The molecule has 1 heterocycles. The Morgan fingerprint density at radius 3 is 2.68 bits per heavy atom. The third-order valence-electron chi connectivity index (χ3n) is 6.30. The van der Waals surface area contributed by atoms with Crippen LogP contribution in [0.15, 0.2) is 48.5 Å². The van der Waals surface area contributed by atoms with Crippen LogP contribution in [-0.4, -0.2) is 23.5 Å². The molecule has 2 aromatic rings. The molecule has 3 aliphatic rings. The van der Waals surface area contributed by atoms with Crippen LogP contribution in [0, 0.1) is 5.92 Å². The number of hydrogen-bond acceptors (Lipinski definition) is 2. The van der Waals surface area contributed by atoms with E-state index in [4.69, 9.17) is 0 Å². The molecule has 0 radical (unpaired) electrons. The van der Waals surface area contributed by atoms with Crippen molar-refractivity contribution in [3.63, 3.8) is 0 Å². The summed E-state index contributed by atoms with van der Waals surface area (Å²) >= 11 is 0. The quantitative estimate of drug-likeness (QED) is 0.919. The first kappa shape index (κ1) is 14.7. The number of carboxylic acids is 1. The molecule has 4 nitrogen and oxygen atoms in total. The second kappa shape index (κ2) is 4.94. The van der Waals surface area contributed by atoms with Crippen molar-refractivity contribution in [3.8, 4) is 0 Å². The molecule has 0 saturated heterocycles. The molecule has 1 amide bonds. The second-order valence-electron chi connectivity index (χ2n) is 7.47. The van der Waals surface area contributed by atoms with E-state index in [1.807, 2.05) is 24.3 Å². The van der Waals surface area contributed by atoms with Crippen molar-refractivity contribution < 1.29 is 14.7 Å². The fraction of sp³-hybridized carbons (Fsp3) is 0.333. The average molecular weight is 333 g/mol. The van der Waals surface area contributed by atoms with Crippen molar-refractivity contribution in [2.45, 2.75) is 30.6 Å². The zero-order chi connectivity index (χ0) is 17.2. The van der Waals surface area contributed by atoms with Crippen LogP contribution in [0.1, 0.15) is 35.4 Å². The molecule has 0 aromatic heterocycles. The average Bonchev–Trinajstić information content (AvgIpc) is 3.04. The number of carboxylic acid groups (broad SMARTS) is 1. The molecule has 0 bridgehead atoms. The molecule has 1 spiro atoms. The van der Waals surface area contributed by atoms with Gasteiger partial charge in [0.25, 0.3) is 0 Å². The van der Waals surface area contributed by atoms with Gasteiger partial charge in [0, 0.05) is 23.6 Å². The lowest BCUT2D eigenvalue weighted by molar-refractivity contribution is -0.138. The minimum absolute atomic E-state index is 0.00999. The number of hydrogen-bond donors (Lipinski definition) is 1. The van der Waals surface area contributed by atoms with E-state index in [0.717, 1.165) is 30.5 Å². The molecule has 1 fully saturated rings. The Kier molecular flexibility index (Phi) is 2.91. The molecule has 1 aliphatic heterocycles. The highest BCUT2D eigenvalue weighted by Gasteiger charge is 2.62. The van der Waals surface area contributed by atoms with Crippen molar-refractivity contribution >= 4 is 17.6 Å². The summed E-state index contributed by atoms with van der Waals surface area (Å²) in [5.41, 5.74) is 4.21. The molecule has 2 aromatic carbocycles. The predicted molar refractivity (Wildman–Crippen MR) is 93.7 cm³/mol. The molecule has 1 N–H and O–H groups in total. The fourth-order valence-electron chi connectivity index (χ4n) is 4.93. The molecule has 4 heteroatoms. The van der Waals surface area contributed by atoms with Gasteiger partial charge >= 0.3 is 5.97 Å². The molecule has 2 aliphatic carbocycles. The molecule has 3 unspecified atom stereocenters. The summed E-state index contributed by atoms with van der Waals surface area (Å²) in [6.07, 6.45) is 2.95. The van der Waals surface area contributed by atoms with E-state index in [1.54, 1.807) is 4.90 Å². The minimum atomic E-state index is -0.862. The highest BCUT2D eigenvalue weighted by atomic mass is 16.4. The van der Waals surface area contributed by atoms with Gasteiger partial charge in [-0.1, -0.05) is 42.5 Å². The van der Waals surface area contributed by atoms with Crippen LogP contribution >= 0.6 is 0 Å². The van der Waals surface area contributed by atoms with Crippen LogP contribution in [0.3, 0.4) is 0 Å². The number of nitrogens with zero attached hydrogens (tertiary/aromatic N) is 1. The lowest BCUT2D eigenvalue weighted by Gasteiger charge is -2.20. The van der Waals surface area contributed by atoms with Gasteiger partial charge in [-0.3, -0.25) is 9.59 Å². The Bertz CT molecular complexity index is 906. The standard InChI is InChI=1S/C21H19NO3/c23-19(17-11-21(17)10-9-13-5-1-3-7-16(13)21)22-12-15(20(24)25)14-6-2-4-8-18(14)22/h1-8,15,17H,9-12H2,(H,24,25). The highest BCUT2D eigenvalue weighted by molar-refractivity contribution is 6.02. The summed E-state index contributed by atoms with van der Waals surface area (Å²) < 4.78 is 0. The summed E-state index contributed by atoms with van der Waals surface area (Å²) in [6, 6.07) is 15.8. The van der Waals surface area contributed by atoms with Crippen molar-refractivity contribution in [2.75, 3.05) is 11.4 Å². The molecular weight excluding hydrogens is 314 g/mol. The topological polar surface area (TPSA) is 57.6 Å². The monoisotopic (exact) mass is 333 g/mol. The van der Waals surface area contributed by atoms with Crippen molar-refractivity contribution in [3.05, 3.63) is 65.2 Å². The number of carbonyl (C=O) groups is 2. The Balaban J connectivity index is 1.47. The highest BCUT2D eigenvalue weighted by Crippen LogP contribution is 2.62. The van der Waals surface area contributed by atoms with E-state index >= 15 is 0 Å². The van der Waals surface area contributed by atoms with Crippen molar-refractivity contribution in [2.24, 2.45) is 5.92 Å². The third kappa shape index (κ3) is 1.94. The van der Waals surface area contributed by atoms with Crippen LogP contribution in [0.25, 0.3) is 0 Å². The van der Waals surface area contributed by atoms with Crippen LogP contribution in [0.2, 0.25) is 0 Å². The largest absolute Gasteiger partial charge is 0.481 e. The van der Waals surface area contributed by atoms with E-state index in [0.29, 0.717) is 0 Å². The van der Waals surface area contributed by atoms with Gasteiger partial charge in [-0.2, -0.15) is 0 Å². The summed E-state index contributed by atoms with van der Waals surface area (Å²) in [7, 11) is 0. The van der Waals surface area contributed by atoms with Gasteiger partial charge in [0.05, 0.1) is 0 Å². The Hall–Kier alpha value is -2.62. The van der Waals surface area contributed by atoms with Crippen LogP contribution < -0.4 is 4.90 Å². The van der Waals surface area contributed by atoms with Gasteiger partial charge in [0.1, 0.15) is 5.92 Å². The number of amides is 1.